The molecule has 1 heterocycles. The molecule has 21 heavy (non-hydrogen) atoms. The van der Waals surface area contributed by atoms with Crippen molar-refractivity contribution in [3.05, 3.63) is 18.2 Å². The van der Waals surface area contributed by atoms with Crippen LogP contribution in [-0.4, -0.2) is 51.4 Å². The van der Waals surface area contributed by atoms with Crippen molar-refractivity contribution in [2.75, 3.05) is 51.0 Å². The van der Waals surface area contributed by atoms with E-state index in [0.717, 1.165) is 25.1 Å². The predicted molar refractivity (Wildman–Crippen MR) is 82.8 cm³/mol. The number of nitrogens with two attached hydrogens (primary N) is 1. The molecule has 6 heteroatoms. The van der Waals surface area contributed by atoms with Crippen molar-refractivity contribution in [2.24, 2.45) is 0 Å². The lowest BCUT2D eigenvalue weighted by molar-refractivity contribution is 0.148. The van der Waals surface area contributed by atoms with E-state index in [0.29, 0.717) is 31.2 Å². The lowest BCUT2D eigenvalue weighted by Crippen LogP contribution is -2.32. The second kappa shape index (κ2) is 7.17. The van der Waals surface area contributed by atoms with Crippen LogP contribution in [0.1, 0.15) is 12.8 Å². The van der Waals surface area contributed by atoms with Crippen molar-refractivity contribution in [1.29, 1.82) is 0 Å². The molecule has 2 N–H and O–H groups in total. The minimum atomic E-state index is -0.328. The van der Waals surface area contributed by atoms with Gasteiger partial charge in [0.1, 0.15) is 5.75 Å². The summed E-state index contributed by atoms with van der Waals surface area (Å²) >= 11 is 0. The van der Waals surface area contributed by atoms with Gasteiger partial charge in [-0.05, 0) is 39.1 Å². The first-order chi connectivity index (χ1) is 10.1. The third-order valence-corrected chi connectivity index (χ3v) is 3.25. The number of nitrogens with zero attached hydrogens (tertiary/aromatic N) is 2. The molecule has 1 aromatic carbocycles. The number of fused-ring (bicyclic) bond motifs is 1. The molecule has 0 spiro atoms. The highest BCUT2D eigenvalue weighted by molar-refractivity contribution is 5.90. The largest absolute Gasteiger partial charge is 0.491 e. The fraction of sp³-hybridized carbons (Fsp3) is 0.533. The third-order valence-electron chi connectivity index (χ3n) is 3.25. The maximum atomic E-state index is 12.2. The number of ether oxygens (including phenoxy) is 2. The van der Waals surface area contributed by atoms with Gasteiger partial charge < -0.3 is 20.1 Å². The molecular weight excluding hydrogens is 270 g/mol. The zero-order valence-corrected chi connectivity index (χ0v) is 12.7. The molecule has 1 aliphatic heterocycles. The van der Waals surface area contributed by atoms with E-state index in [1.165, 1.54) is 0 Å². The van der Waals surface area contributed by atoms with Gasteiger partial charge in [0.25, 0.3) is 0 Å². The van der Waals surface area contributed by atoms with Gasteiger partial charge in [0.2, 0.25) is 0 Å². The first-order valence-electron chi connectivity index (χ1n) is 7.19. The number of hydrogen-bond donors (Lipinski definition) is 1. The molecule has 0 aromatic heterocycles. The van der Waals surface area contributed by atoms with Gasteiger partial charge in [-0.2, -0.15) is 0 Å². The molecule has 0 saturated carbocycles. The fourth-order valence-corrected chi connectivity index (χ4v) is 2.20. The molecule has 0 radical (unpaired) electrons. The molecule has 116 valence electrons. The SMILES string of the molecule is CN(C)CCCOC(=O)N1CCCOc2cc(N)ccc21. The van der Waals surface area contributed by atoms with E-state index in [2.05, 4.69) is 4.90 Å². The number of hydrogen-bond acceptors (Lipinski definition) is 5. The summed E-state index contributed by atoms with van der Waals surface area (Å²) < 4.78 is 11.0. The molecule has 0 saturated heterocycles. The van der Waals surface area contributed by atoms with Gasteiger partial charge >= 0.3 is 6.09 Å². The van der Waals surface area contributed by atoms with Gasteiger partial charge in [-0.25, -0.2) is 4.79 Å². The highest BCUT2D eigenvalue weighted by atomic mass is 16.6. The highest BCUT2D eigenvalue weighted by Gasteiger charge is 2.23. The van der Waals surface area contributed by atoms with E-state index >= 15 is 0 Å². The first-order valence-corrected chi connectivity index (χ1v) is 7.19. The average molecular weight is 293 g/mol. The highest BCUT2D eigenvalue weighted by Crippen LogP contribution is 2.33. The van der Waals surface area contributed by atoms with E-state index < -0.39 is 0 Å². The van der Waals surface area contributed by atoms with Crippen molar-refractivity contribution in [3.63, 3.8) is 0 Å². The fourth-order valence-electron chi connectivity index (χ4n) is 2.20. The van der Waals surface area contributed by atoms with E-state index in [1.807, 2.05) is 14.1 Å². The molecule has 0 bridgehead atoms. The Balaban J connectivity index is 2.00. The van der Waals surface area contributed by atoms with Gasteiger partial charge in [-0.1, -0.05) is 0 Å². The van der Waals surface area contributed by atoms with Gasteiger partial charge in [0.05, 0.1) is 18.9 Å². The summed E-state index contributed by atoms with van der Waals surface area (Å²) in [4.78, 5) is 15.9. The number of carbonyl (C=O) groups excluding carboxylic acids is 1. The molecule has 6 nitrogen and oxygen atoms in total. The number of benzene rings is 1. The number of rotatable bonds is 4. The van der Waals surface area contributed by atoms with Crippen LogP contribution in [0.2, 0.25) is 0 Å². The van der Waals surface area contributed by atoms with Crippen molar-refractivity contribution in [1.82, 2.24) is 4.90 Å². The van der Waals surface area contributed by atoms with Crippen molar-refractivity contribution < 1.29 is 14.3 Å². The zero-order chi connectivity index (χ0) is 15.2. The Kier molecular flexibility index (Phi) is 5.27. The van der Waals surface area contributed by atoms with Crippen LogP contribution in [0.5, 0.6) is 5.75 Å². The minimum absolute atomic E-state index is 0.328. The Bertz CT molecular complexity index is 491. The molecule has 0 unspecified atom stereocenters. The smallest absolute Gasteiger partial charge is 0.414 e. The van der Waals surface area contributed by atoms with E-state index in [-0.39, 0.29) is 6.09 Å². The van der Waals surface area contributed by atoms with Crippen molar-refractivity contribution >= 4 is 17.5 Å². The Labute approximate surface area is 125 Å². The third kappa shape index (κ3) is 4.26. The van der Waals surface area contributed by atoms with Crippen molar-refractivity contribution in [2.45, 2.75) is 12.8 Å². The lowest BCUT2D eigenvalue weighted by atomic mass is 10.2. The number of amides is 1. The second-order valence-corrected chi connectivity index (χ2v) is 5.35. The monoisotopic (exact) mass is 293 g/mol. The van der Waals surface area contributed by atoms with E-state index in [4.69, 9.17) is 15.2 Å². The molecule has 1 amide bonds. The van der Waals surface area contributed by atoms with Gasteiger partial charge in [0.15, 0.2) is 0 Å². The van der Waals surface area contributed by atoms with Crippen LogP contribution in [0.3, 0.4) is 0 Å². The van der Waals surface area contributed by atoms with Crippen LogP contribution in [0.25, 0.3) is 0 Å². The zero-order valence-electron chi connectivity index (χ0n) is 12.7. The van der Waals surface area contributed by atoms with Crippen LogP contribution in [-0.2, 0) is 4.74 Å². The van der Waals surface area contributed by atoms with Gasteiger partial charge in [-0.15, -0.1) is 0 Å². The number of carbonyl (C=O) groups is 1. The van der Waals surface area contributed by atoms with E-state index in [9.17, 15) is 4.79 Å². The molecule has 1 aromatic rings. The summed E-state index contributed by atoms with van der Waals surface area (Å²) in [5.74, 6) is 0.637. The van der Waals surface area contributed by atoms with Gasteiger partial charge in [-0.3, -0.25) is 4.90 Å². The topological polar surface area (TPSA) is 68.0 Å². The van der Waals surface area contributed by atoms with Crippen LogP contribution >= 0.6 is 0 Å². The standard InChI is InChI=1S/C15H23N3O3/c1-17(2)7-3-10-21-15(19)18-8-4-9-20-14-11-12(16)5-6-13(14)18/h5-6,11H,3-4,7-10,16H2,1-2H3. The van der Waals surface area contributed by atoms with Crippen LogP contribution in [0.15, 0.2) is 18.2 Å². The van der Waals surface area contributed by atoms with Gasteiger partial charge in [0, 0.05) is 24.8 Å². The molecule has 1 aliphatic rings. The molecule has 0 atom stereocenters. The number of nitrogen functional groups attached to an aromatic ring is 1. The van der Waals surface area contributed by atoms with Crippen LogP contribution in [0.4, 0.5) is 16.2 Å². The Morgan fingerprint density at radius 1 is 1.48 bits per heavy atom. The summed E-state index contributed by atoms with van der Waals surface area (Å²) in [7, 11) is 3.99. The predicted octanol–water partition coefficient (Wildman–Crippen LogP) is 1.95. The first kappa shape index (κ1) is 15.4. The van der Waals surface area contributed by atoms with Crippen LogP contribution in [0, 0.1) is 0 Å². The average Bonchev–Trinajstić information content (AvgIpc) is 2.65. The maximum Gasteiger partial charge on any atom is 0.414 e. The Morgan fingerprint density at radius 3 is 3.05 bits per heavy atom. The maximum absolute atomic E-state index is 12.2. The Morgan fingerprint density at radius 2 is 2.29 bits per heavy atom. The normalized spacial score (nSPS) is 14.3. The molecule has 2 rings (SSSR count). The summed E-state index contributed by atoms with van der Waals surface area (Å²) in [6.45, 7) is 2.46. The second-order valence-electron chi connectivity index (χ2n) is 5.35. The molecular formula is C15H23N3O3. The Hall–Kier alpha value is -1.95. The summed E-state index contributed by atoms with van der Waals surface area (Å²) in [5, 5.41) is 0. The minimum Gasteiger partial charge on any atom is -0.491 e. The number of anilines is 2. The molecule has 0 fully saturated rings. The molecule has 0 aliphatic carbocycles. The quantitative estimate of drug-likeness (QED) is 0.679. The summed E-state index contributed by atoms with van der Waals surface area (Å²) in [6.07, 6.45) is 1.25. The summed E-state index contributed by atoms with van der Waals surface area (Å²) in [5.41, 5.74) is 7.10. The lowest BCUT2D eigenvalue weighted by Gasteiger charge is -2.21. The summed E-state index contributed by atoms with van der Waals surface area (Å²) in [6, 6.07) is 5.31. The van der Waals surface area contributed by atoms with E-state index in [1.54, 1.807) is 23.1 Å². The van der Waals surface area contributed by atoms with Crippen LogP contribution < -0.4 is 15.4 Å². The van der Waals surface area contributed by atoms with Crippen molar-refractivity contribution in [3.8, 4) is 5.75 Å².